The molecule has 0 saturated carbocycles. The van der Waals surface area contributed by atoms with Crippen molar-refractivity contribution in [3.8, 4) is 0 Å². The predicted octanol–water partition coefficient (Wildman–Crippen LogP) is 1.47. The van der Waals surface area contributed by atoms with Gasteiger partial charge in [-0.1, -0.05) is 6.92 Å². The maximum absolute atomic E-state index is 12.6. The molecule has 1 amide bonds. The number of carbonyl (C=O) groups is 1. The van der Waals surface area contributed by atoms with E-state index in [4.69, 9.17) is 0 Å². The molecule has 142 valence electrons. The minimum Gasteiger partial charge on any atom is -0.338 e. The van der Waals surface area contributed by atoms with E-state index in [1.165, 1.54) is 6.42 Å². The number of nitrogens with zero attached hydrogens (tertiary/aromatic N) is 7. The Balaban J connectivity index is 1.36. The number of piperazine rings is 1. The van der Waals surface area contributed by atoms with Crippen LogP contribution in [0.1, 0.15) is 30.1 Å². The van der Waals surface area contributed by atoms with Crippen molar-refractivity contribution in [2.24, 2.45) is 5.92 Å². The van der Waals surface area contributed by atoms with Crippen molar-refractivity contribution in [2.75, 3.05) is 49.1 Å². The zero-order valence-electron chi connectivity index (χ0n) is 15.7. The molecule has 0 radical (unpaired) electrons. The monoisotopic (exact) mass is 367 g/mol. The van der Waals surface area contributed by atoms with Crippen molar-refractivity contribution in [1.82, 2.24) is 24.8 Å². The third kappa shape index (κ3) is 3.99. The van der Waals surface area contributed by atoms with E-state index in [2.05, 4.69) is 36.7 Å². The summed E-state index contributed by atoms with van der Waals surface area (Å²) in [6, 6.07) is 1.82. The van der Waals surface area contributed by atoms with E-state index in [0.29, 0.717) is 17.4 Å². The molecule has 0 aliphatic carbocycles. The largest absolute Gasteiger partial charge is 0.338 e. The van der Waals surface area contributed by atoms with Gasteiger partial charge in [-0.3, -0.25) is 4.79 Å². The molecule has 0 spiro atoms. The van der Waals surface area contributed by atoms with Crippen molar-refractivity contribution in [1.29, 1.82) is 0 Å². The minimum atomic E-state index is 0.0409. The van der Waals surface area contributed by atoms with Gasteiger partial charge in [-0.05, 0) is 24.8 Å². The molecule has 4 heterocycles. The normalized spacial score (nSPS) is 20.6. The first kappa shape index (κ1) is 17.6. The first-order valence-corrected chi connectivity index (χ1v) is 9.59. The van der Waals surface area contributed by atoms with Gasteiger partial charge in [0.2, 0.25) is 11.9 Å². The highest BCUT2D eigenvalue weighted by Crippen LogP contribution is 2.18. The Morgan fingerprint density at radius 2 is 1.52 bits per heavy atom. The number of hydrogen-bond donors (Lipinski definition) is 0. The molecule has 2 aliphatic rings. The highest BCUT2D eigenvalue weighted by molar-refractivity contribution is 5.93. The number of carbonyl (C=O) groups excluding carboxylic acids is 1. The first-order chi connectivity index (χ1) is 13.2. The second-order valence-electron chi connectivity index (χ2n) is 7.29. The summed E-state index contributed by atoms with van der Waals surface area (Å²) in [6.45, 7) is 7.08. The molecular formula is C19H25N7O. The average molecular weight is 367 g/mol. The summed E-state index contributed by atoms with van der Waals surface area (Å²) in [7, 11) is 0. The van der Waals surface area contributed by atoms with Gasteiger partial charge in [-0.25, -0.2) is 19.9 Å². The second kappa shape index (κ2) is 7.85. The van der Waals surface area contributed by atoms with Crippen LogP contribution in [-0.4, -0.2) is 70.0 Å². The molecule has 2 saturated heterocycles. The Hall–Kier alpha value is -2.77. The second-order valence-corrected chi connectivity index (χ2v) is 7.29. The van der Waals surface area contributed by atoms with Crippen LogP contribution in [0, 0.1) is 5.92 Å². The van der Waals surface area contributed by atoms with E-state index in [0.717, 1.165) is 51.6 Å². The predicted molar refractivity (Wildman–Crippen MR) is 103 cm³/mol. The van der Waals surface area contributed by atoms with Crippen molar-refractivity contribution >= 4 is 17.8 Å². The molecule has 8 nitrogen and oxygen atoms in total. The molecule has 2 aromatic heterocycles. The average Bonchev–Trinajstić information content (AvgIpc) is 2.74. The molecule has 2 aliphatic heterocycles. The first-order valence-electron chi connectivity index (χ1n) is 9.59. The molecule has 2 aromatic rings. The van der Waals surface area contributed by atoms with Crippen molar-refractivity contribution < 1.29 is 4.79 Å². The summed E-state index contributed by atoms with van der Waals surface area (Å²) >= 11 is 0. The van der Waals surface area contributed by atoms with Crippen molar-refractivity contribution in [3.05, 3.63) is 36.4 Å². The number of rotatable bonds is 3. The fourth-order valence-electron chi connectivity index (χ4n) is 3.71. The van der Waals surface area contributed by atoms with Crippen LogP contribution in [0.2, 0.25) is 0 Å². The quantitative estimate of drug-likeness (QED) is 0.813. The van der Waals surface area contributed by atoms with Gasteiger partial charge in [0.25, 0.3) is 5.91 Å². The van der Waals surface area contributed by atoms with E-state index < -0.39 is 0 Å². The Morgan fingerprint density at radius 1 is 0.926 bits per heavy atom. The summed E-state index contributed by atoms with van der Waals surface area (Å²) in [5, 5.41) is 0. The highest BCUT2D eigenvalue weighted by Gasteiger charge is 2.24. The third-order valence-corrected chi connectivity index (χ3v) is 5.23. The molecule has 4 rings (SSSR count). The van der Waals surface area contributed by atoms with E-state index in [1.54, 1.807) is 24.8 Å². The van der Waals surface area contributed by atoms with Gasteiger partial charge >= 0.3 is 0 Å². The highest BCUT2D eigenvalue weighted by atomic mass is 16.2. The molecular weight excluding hydrogens is 342 g/mol. The van der Waals surface area contributed by atoms with Crippen LogP contribution in [-0.2, 0) is 0 Å². The van der Waals surface area contributed by atoms with Crippen LogP contribution in [0.3, 0.4) is 0 Å². The van der Waals surface area contributed by atoms with E-state index in [9.17, 15) is 4.79 Å². The van der Waals surface area contributed by atoms with Gasteiger partial charge in [0.15, 0.2) is 0 Å². The molecule has 1 atom stereocenters. The topological polar surface area (TPSA) is 78.4 Å². The summed E-state index contributed by atoms with van der Waals surface area (Å²) in [5.41, 5.74) is 0.573. The van der Waals surface area contributed by atoms with Gasteiger partial charge in [-0.15, -0.1) is 0 Å². The van der Waals surface area contributed by atoms with Crippen LogP contribution in [0.4, 0.5) is 11.9 Å². The van der Waals surface area contributed by atoms with E-state index in [-0.39, 0.29) is 5.91 Å². The molecule has 0 aromatic carbocycles. The van der Waals surface area contributed by atoms with Gasteiger partial charge in [0.1, 0.15) is 0 Å². The summed E-state index contributed by atoms with van der Waals surface area (Å²) in [5.74, 6) is 2.04. The molecule has 1 unspecified atom stereocenters. The number of anilines is 2. The standard InChI is InChI=1S/C19H25N7O/c1-15-4-2-7-26(14-15)17(27)16-12-22-19(23-13-16)25-10-8-24(9-11-25)18-20-5-3-6-21-18/h3,5-6,12-13,15H,2,4,7-11,14H2,1H3. The number of amides is 1. The molecule has 2 fully saturated rings. The summed E-state index contributed by atoms with van der Waals surface area (Å²) in [6.07, 6.45) is 9.11. The van der Waals surface area contributed by atoms with Crippen LogP contribution >= 0.6 is 0 Å². The fourth-order valence-corrected chi connectivity index (χ4v) is 3.71. The van der Waals surface area contributed by atoms with Crippen LogP contribution < -0.4 is 9.80 Å². The Morgan fingerprint density at radius 3 is 2.11 bits per heavy atom. The SMILES string of the molecule is CC1CCCN(C(=O)c2cnc(N3CCN(c4ncccn4)CC3)nc2)C1. The lowest BCUT2D eigenvalue weighted by Crippen LogP contribution is -2.47. The number of piperidine rings is 1. The number of hydrogen-bond acceptors (Lipinski definition) is 7. The minimum absolute atomic E-state index is 0.0409. The van der Waals surface area contributed by atoms with Crippen LogP contribution in [0.25, 0.3) is 0 Å². The maximum Gasteiger partial charge on any atom is 0.257 e. The van der Waals surface area contributed by atoms with Gasteiger partial charge < -0.3 is 14.7 Å². The smallest absolute Gasteiger partial charge is 0.257 e. The summed E-state index contributed by atoms with van der Waals surface area (Å²) < 4.78 is 0. The van der Waals surface area contributed by atoms with Gasteiger partial charge in [0.05, 0.1) is 5.56 Å². The zero-order valence-corrected chi connectivity index (χ0v) is 15.7. The van der Waals surface area contributed by atoms with E-state index >= 15 is 0 Å². The van der Waals surface area contributed by atoms with Gasteiger partial charge in [-0.2, -0.15) is 0 Å². The Labute approximate surface area is 159 Å². The lowest BCUT2D eigenvalue weighted by molar-refractivity contribution is 0.0682. The third-order valence-electron chi connectivity index (χ3n) is 5.23. The number of likely N-dealkylation sites (tertiary alicyclic amines) is 1. The molecule has 8 heteroatoms. The van der Waals surface area contributed by atoms with Crippen molar-refractivity contribution in [3.63, 3.8) is 0 Å². The lowest BCUT2D eigenvalue weighted by Gasteiger charge is -2.34. The molecule has 0 N–H and O–H groups in total. The van der Waals surface area contributed by atoms with E-state index in [1.807, 2.05) is 11.0 Å². The van der Waals surface area contributed by atoms with Gasteiger partial charge in [0, 0.05) is 64.1 Å². The van der Waals surface area contributed by atoms with Crippen LogP contribution in [0.5, 0.6) is 0 Å². The molecule has 27 heavy (non-hydrogen) atoms. The fraction of sp³-hybridized carbons (Fsp3) is 0.526. The maximum atomic E-state index is 12.6. The van der Waals surface area contributed by atoms with Crippen molar-refractivity contribution in [2.45, 2.75) is 19.8 Å². The lowest BCUT2D eigenvalue weighted by atomic mass is 10.00. The number of aromatic nitrogens is 4. The molecule has 0 bridgehead atoms. The van der Waals surface area contributed by atoms with Crippen LogP contribution in [0.15, 0.2) is 30.9 Å². The Bertz CT molecular complexity index is 759. The summed E-state index contributed by atoms with van der Waals surface area (Å²) in [4.78, 5) is 36.4. The Kier molecular flexibility index (Phi) is 5.13. The zero-order chi connectivity index (χ0) is 18.6.